The summed E-state index contributed by atoms with van der Waals surface area (Å²) >= 11 is 0. The van der Waals surface area contributed by atoms with Crippen molar-refractivity contribution < 1.29 is 28.8 Å². The second-order valence-electron chi connectivity index (χ2n) is 4.69. The first-order valence-electron chi connectivity index (χ1n) is 6.79. The minimum Gasteiger partial charge on any atom is -0.394 e. The van der Waals surface area contributed by atoms with Crippen LogP contribution < -0.4 is 0 Å². The van der Waals surface area contributed by atoms with Gasteiger partial charge in [0.25, 0.3) is 0 Å². The van der Waals surface area contributed by atoms with E-state index in [-0.39, 0.29) is 12.2 Å². The van der Waals surface area contributed by atoms with E-state index in [2.05, 4.69) is 0 Å². The van der Waals surface area contributed by atoms with Gasteiger partial charge >= 0.3 is 0 Å². The van der Waals surface area contributed by atoms with Crippen LogP contribution in [0, 0.1) is 0 Å². The Morgan fingerprint density at radius 3 is 1.74 bits per heavy atom. The smallest absolute Gasteiger partial charge is 0.115 e. The molecule has 0 aromatic carbocycles. The minimum atomic E-state index is -0.0856. The quantitative estimate of drug-likeness (QED) is 0.384. The third-order valence-corrected chi connectivity index (χ3v) is 2.99. The molecule has 0 amide bonds. The predicted octanol–water partition coefficient (Wildman–Crippen LogP) is 0.223. The summed E-state index contributed by atoms with van der Waals surface area (Å²) in [4.78, 5) is 0. The van der Waals surface area contributed by atoms with E-state index in [9.17, 15) is 0 Å². The van der Waals surface area contributed by atoms with E-state index < -0.39 is 0 Å². The summed E-state index contributed by atoms with van der Waals surface area (Å²) in [6.45, 7) is 8.37. The van der Waals surface area contributed by atoms with Crippen molar-refractivity contribution in [3.05, 3.63) is 0 Å². The zero-order valence-corrected chi connectivity index (χ0v) is 11.9. The van der Waals surface area contributed by atoms with Crippen molar-refractivity contribution in [1.82, 2.24) is 0 Å². The molecule has 6 heteroatoms. The van der Waals surface area contributed by atoms with Crippen molar-refractivity contribution in [2.24, 2.45) is 0 Å². The fourth-order valence-corrected chi connectivity index (χ4v) is 1.52. The van der Waals surface area contributed by atoms with Gasteiger partial charge in [-0.1, -0.05) is 0 Å². The lowest BCUT2D eigenvalue weighted by Crippen LogP contribution is -2.19. The first-order chi connectivity index (χ1) is 9.19. The van der Waals surface area contributed by atoms with Gasteiger partial charge in [-0.05, 0) is 13.8 Å². The van der Waals surface area contributed by atoms with Gasteiger partial charge in [0.2, 0.25) is 0 Å². The molecule has 1 N–H and O–H groups in total. The van der Waals surface area contributed by atoms with E-state index >= 15 is 0 Å². The molecule has 0 saturated carbocycles. The van der Waals surface area contributed by atoms with Crippen molar-refractivity contribution in [1.29, 1.82) is 0 Å². The van der Waals surface area contributed by atoms with E-state index in [1.807, 2.05) is 13.8 Å². The van der Waals surface area contributed by atoms with Crippen molar-refractivity contribution in [2.75, 3.05) is 59.5 Å². The zero-order chi connectivity index (χ0) is 14.0. The molecule has 0 radical (unpaired) electrons. The maximum atomic E-state index is 8.47. The summed E-state index contributed by atoms with van der Waals surface area (Å²) in [6.07, 6.45) is 0.301. The van der Waals surface area contributed by atoms with Gasteiger partial charge < -0.3 is 28.8 Å². The van der Waals surface area contributed by atoms with Gasteiger partial charge in [0.15, 0.2) is 0 Å². The van der Waals surface area contributed by atoms with E-state index in [0.717, 1.165) is 0 Å². The fraction of sp³-hybridized carbons (Fsp3) is 1.00. The van der Waals surface area contributed by atoms with Crippen LogP contribution in [0.1, 0.15) is 13.8 Å². The van der Waals surface area contributed by atoms with E-state index in [4.69, 9.17) is 28.8 Å². The molecular formula is C13H26O6. The Morgan fingerprint density at radius 1 is 0.895 bits per heavy atom. The highest BCUT2D eigenvalue weighted by Crippen LogP contribution is 2.35. The molecule has 1 fully saturated rings. The Bertz CT molecular complexity index is 225. The fourth-order valence-electron chi connectivity index (χ4n) is 1.52. The molecule has 6 nitrogen and oxygen atoms in total. The summed E-state index contributed by atoms with van der Waals surface area (Å²) in [5.41, 5.74) is -0.0856. The molecule has 1 saturated heterocycles. The number of hydrogen-bond donors (Lipinski definition) is 1. The Hall–Kier alpha value is -0.240. The van der Waals surface area contributed by atoms with Gasteiger partial charge in [-0.15, -0.1) is 0 Å². The third kappa shape index (κ3) is 7.81. The number of ether oxygens (including phenoxy) is 5. The molecule has 2 atom stereocenters. The monoisotopic (exact) mass is 278 g/mol. The normalized spacial score (nSPS) is 25.7. The SMILES string of the molecule is CC1OC1(C)COCCOCCOCCOCCO. The van der Waals surface area contributed by atoms with Gasteiger partial charge in [0, 0.05) is 0 Å². The molecule has 0 aromatic rings. The van der Waals surface area contributed by atoms with Crippen molar-refractivity contribution >= 4 is 0 Å². The van der Waals surface area contributed by atoms with Crippen molar-refractivity contribution in [3.8, 4) is 0 Å². The highest BCUT2D eigenvalue weighted by molar-refractivity contribution is 4.95. The second kappa shape index (κ2) is 9.63. The molecule has 19 heavy (non-hydrogen) atoms. The molecule has 2 unspecified atom stereocenters. The number of rotatable bonds is 13. The average molecular weight is 278 g/mol. The first-order valence-corrected chi connectivity index (χ1v) is 6.79. The maximum Gasteiger partial charge on any atom is 0.115 e. The van der Waals surface area contributed by atoms with Crippen molar-refractivity contribution in [3.63, 3.8) is 0 Å². The molecule has 1 heterocycles. The van der Waals surface area contributed by atoms with Gasteiger partial charge in [-0.25, -0.2) is 0 Å². The zero-order valence-electron chi connectivity index (χ0n) is 11.9. The molecule has 0 bridgehead atoms. The average Bonchev–Trinajstić information content (AvgIpc) is 2.99. The first kappa shape index (κ1) is 16.8. The predicted molar refractivity (Wildman–Crippen MR) is 69.3 cm³/mol. The maximum absolute atomic E-state index is 8.47. The van der Waals surface area contributed by atoms with Gasteiger partial charge in [0.1, 0.15) is 5.60 Å². The number of epoxide rings is 1. The standard InChI is InChI=1S/C13H26O6/c1-12-13(2,19-12)11-18-10-9-17-8-7-16-6-5-15-4-3-14/h12,14H,3-11H2,1-2H3. The van der Waals surface area contributed by atoms with Crippen LogP contribution in [-0.2, 0) is 23.7 Å². The van der Waals surface area contributed by atoms with E-state index in [1.54, 1.807) is 0 Å². The summed E-state index contributed by atoms with van der Waals surface area (Å²) in [5.74, 6) is 0. The Labute approximate surface area is 114 Å². The molecule has 0 aliphatic carbocycles. The largest absolute Gasteiger partial charge is 0.394 e. The minimum absolute atomic E-state index is 0.0476. The lowest BCUT2D eigenvalue weighted by atomic mass is 10.1. The molecule has 1 aliphatic rings. The summed E-state index contributed by atoms with van der Waals surface area (Å²) in [6, 6.07) is 0. The van der Waals surface area contributed by atoms with Gasteiger partial charge in [-0.2, -0.15) is 0 Å². The second-order valence-corrected chi connectivity index (χ2v) is 4.69. The highest BCUT2D eigenvalue weighted by atomic mass is 16.6. The molecular weight excluding hydrogens is 252 g/mol. The Kier molecular flexibility index (Phi) is 8.52. The van der Waals surface area contributed by atoms with Crippen LogP contribution in [0.25, 0.3) is 0 Å². The summed E-state index contributed by atoms with van der Waals surface area (Å²) < 4.78 is 26.5. The van der Waals surface area contributed by atoms with Gasteiger partial charge in [0.05, 0.1) is 65.6 Å². The molecule has 1 rings (SSSR count). The summed E-state index contributed by atoms with van der Waals surface area (Å²) in [5, 5.41) is 8.47. The lowest BCUT2D eigenvalue weighted by Gasteiger charge is -2.08. The Morgan fingerprint density at radius 2 is 1.32 bits per heavy atom. The Balaban J connectivity index is 1.70. The topological polar surface area (TPSA) is 69.7 Å². The highest BCUT2D eigenvalue weighted by Gasteiger charge is 2.48. The van der Waals surface area contributed by atoms with Crippen LogP contribution >= 0.6 is 0 Å². The number of aliphatic hydroxyl groups excluding tert-OH is 1. The molecule has 114 valence electrons. The summed E-state index contributed by atoms with van der Waals surface area (Å²) in [7, 11) is 0. The van der Waals surface area contributed by atoms with Crippen LogP contribution in [0.5, 0.6) is 0 Å². The van der Waals surface area contributed by atoms with Crippen LogP contribution in [-0.4, -0.2) is 76.3 Å². The van der Waals surface area contributed by atoms with E-state index in [0.29, 0.717) is 59.0 Å². The number of aliphatic hydroxyl groups is 1. The van der Waals surface area contributed by atoms with Crippen LogP contribution in [0.3, 0.4) is 0 Å². The third-order valence-electron chi connectivity index (χ3n) is 2.99. The number of hydrogen-bond acceptors (Lipinski definition) is 6. The van der Waals surface area contributed by atoms with Crippen LogP contribution in [0.4, 0.5) is 0 Å². The molecule has 1 aliphatic heterocycles. The van der Waals surface area contributed by atoms with Crippen LogP contribution in [0.15, 0.2) is 0 Å². The van der Waals surface area contributed by atoms with E-state index in [1.165, 1.54) is 0 Å². The molecule has 0 aromatic heterocycles. The van der Waals surface area contributed by atoms with Gasteiger partial charge in [-0.3, -0.25) is 0 Å². The lowest BCUT2D eigenvalue weighted by molar-refractivity contribution is -0.0101. The van der Waals surface area contributed by atoms with Crippen molar-refractivity contribution in [2.45, 2.75) is 25.6 Å². The molecule has 0 spiro atoms. The van der Waals surface area contributed by atoms with Crippen LogP contribution in [0.2, 0.25) is 0 Å².